The van der Waals surface area contributed by atoms with Crippen LogP contribution in [0.3, 0.4) is 0 Å². The number of carboxylic acids is 1. The minimum Gasteiger partial charge on any atom is -0.544 e. The number of hydrogen-bond acceptors (Lipinski definition) is 5. The number of aliphatic carboxylic acids is 1. The van der Waals surface area contributed by atoms with Gasteiger partial charge in [-0.3, -0.25) is 9.59 Å². The number of hydrogen-bond donors (Lipinski definition) is 2. The van der Waals surface area contributed by atoms with E-state index in [-0.39, 0.29) is 5.75 Å². The molecular formula is C19H16N2O5. The molecule has 4 rings (SSSR count). The highest BCUT2D eigenvalue weighted by Gasteiger charge is 2.63. The van der Waals surface area contributed by atoms with Crippen LogP contribution in [0.2, 0.25) is 0 Å². The summed E-state index contributed by atoms with van der Waals surface area (Å²) in [5, 5.41) is 23.2. The molecule has 2 aliphatic heterocycles. The predicted octanol–water partition coefficient (Wildman–Crippen LogP) is -1.07. The first-order valence-corrected chi connectivity index (χ1v) is 8.27. The highest BCUT2D eigenvalue weighted by atomic mass is 16.4. The van der Waals surface area contributed by atoms with Gasteiger partial charge in [0.1, 0.15) is 35.6 Å². The van der Waals surface area contributed by atoms with E-state index in [1.54, 1.807) is 48.5 Å². The Labute approximate surface area is 148 Å². The first-order valence-electron chi connectivity index (χ1n) is 8.27. The molecule has 7 nitrogen and oxygen atoms in total. The molecular weight excluding hydrogens is 336 g/mol. The summed E-state index contributed by atoms with van der Waals surface area (Å²) in [4.78, 5) is 38.6. The minimum absolute atomic E-state index is 0.0371. The van der Waals surface area contributed by atoms with E-state index in [0.29, 0.717) is 11.3 Å². The predicted molar refractivity (Wildman–Crippen MR) is 87.5 cm³/mol. The normalized spacial score (nSPS) is 27.6. The molecule has 0 radical (unpaired) electrons. The Hall–Kier alpha value is -3.19. The van der Waals surface area contributed by atoms with Crippen LogP contribution in [-0.2, 0) is 14.4 Å². The molecule has 4 atom stereocenters. The van der Waals surface area contributed by atoms with Gasteiger partial charge in [-0.2, -0.15) is 0 Å². The second kappa shape index (κ2) is 5.96. The molecule has 0 aliphatic carbocycles. The molecule has 26 heavy (non-hydrogen) atoms. The molecule has 2 aliphatic rings. The number of anilines is 1. The Kier molecular flexibility index (Phi) is 3.73. The van der Waals surface area contributed by atoms with Crippen molar-refractivity contribution >= 4 is 23.5 Å². The van der Waals surface area contributed by atoms with Crippen molar-refractivity contribution in [2.75, 3.05) is 4.90 Å². The molecule has 2 saturated heterocycles. The summed E-state index contributed by atoms with van der Waals surface area (Å²) < 4.78 is 0. The molecule has 3 N–H and O–H groups in total. The maximum Gasteiger partial charge on any atom is 0.244 e. The topological polar surface area (TPSA) is 114 Å². The summed E-state index contributed by atoms with van der Waals surface area (Å²) >= 11 is 0. The zero-order valence-electron chi connectivity index (χ0n) is 13.6. The summed E-state index contributed by atoms with van der Waals surface area (Å²) in [6.07, 6.45) is 0. The zero-order chi connectivity index (χ0) is 18.4. The van der Waals surface area contributed by atoms with Crippen LogP contribution in [0.5, 0.6) is 5.75 Å². The Morgan fingerprint density at radius 1 is 0.962 bits per heavy atom. The van der Waals surface area contributed by atoms with Gasteiger partial charge < -0.3 is 20.3 Å². The number of fused-ring (bicyclic) bond motifs is 1. The van der Waals surface area contributed by atoms with Gasteiger partial charge in [0.15, 0.2) is 0 Å². The van der Waals surface area contributed by atoms with Crippen LogP contribution in [-0.4, -0.2) is 28.9 Å². The molecule has 2 amide bonds. The van der Waals surface area contributed by atoms with Gasteiger partial charge in [0.25, 0.3) is 0 Å². The number of amides is 2. The van der Waals surface area contributed by atoms with Crippen molar-refractivity contribution in [1.29, 1.82) is 0 Å². The number of phenols is 1. The van der Waals surface area contributed by atoms with Crippen molar-refractivity contribution in [3.8, 4) is 5.75 Å². The van der Waals surface area contributed by atoms with E-state index in [4.69, 9.17) is 0 Å². The van der Waals surface area contributed by atoms with Crippen LogP contribution >= 0.6 is 0 Å². The Bertz CT molecular complexity index is 898. The molecule has 2 heterocycles. The molecule has 2 aromatic carbocycles. The Balaban J connectivity index is 1.80. The number of benzene rings is 2. The lowest BCUT2D eigenvalue weighted by molar-refractivity contribution is -0.705. The van der Waals surface area contributed by atoms with Crippen LogP contribution in [0.15, 0.2) is 54.6 Å². The third-order valence-electron chi connectivity index (χ3n) is 5.17. The molecule has 0 bridgehead atoms. The Morgan fingerprint density at radius 2 is 1.58 bits per heavy atom. The lowest BCUT2D eigenvalue weighted by atomic mass is 9.86. The number of para-hydroxylation sites is 2. The third-order valence-corrected chi connectivity index (χ3v) is 5.17. The molecule has 2 aromatic rings. The number of rotatable bonds is 3. The summed E-state index contributed by atoms with van der Waals surface area (Å²) in [5.41, 5.74) is 0.840. The van der Waals surface area contributed by atoms with Crippen molar-refractivity contribution in [2.45, 2.75) is 12.1 Å². The first-order chi connectivity index (χ1) is 12.5. The number of quaternary nitrogens is 1. The maximum absolute atomic E-state index is 13.1. The van der Waals surface area contributed by atoms with Gasteiger partial charge in [-0.15, -0.1) is 0 Å². The number of carboxylic acid groups (broad SMARTS) is 1. The number of carbonyl (C=O) groups excluding carboxylic acids is 3. The van der Waals surface area contributed by atoms with E-state index in [9.17, 15) is 24.6 Å². The summed E-state index contributed by atoms with van der Waals surface area (Å²) in [6, 6.07) is 13.0. The molecule has 0 unspecified atom stereocenters. The van der Waals surface area contributed by atoms with Gasteiger partial charge in [-0.1, -0.05) is 30.3 Å². The molecule has 2 fully saturated rings. The van der Waals surface area contributed by atoms with E-state index in [2.05, 4.69) is 0 Å². The van der Waals surface area contributed by atoms with Crippen molar-refractivity contribution in [3.63, 3.8) is 0 Å². The average molecular weight is 352 g/mol. The number of carbonyl (C=O) groups is 3. The van der Waals surface area contributed by atoms with Gasteiger partial charge in [0.05, 0.1) is 11.3 Å². The standard InChI is InChI=1S/C19H16N2O5/c22-12-9-5-4-8-11(12)15-13-14(16(20-15)19(25)26)18(24)21(17(13)23)10-6-2-1-3-7-10/h1-9,13-16,20,22H,(H,25,26)/t13-,14-,15-,16-/m0/s1. The quantitative estimate of drug-likeness (QED) is 0.683. The summed E-state index contributed by atoms with van der Waals surface area (Å²) in [6.45, 7) is 0. The average Bonchev–Trinajstić information content (AvgIpc) is 3.14. The van der Waals surface area contributed by atoms with Crippen LogP contribution in [0.25, 0.3) is 0 Å². The van der Waals surface area contributed by atoms with E-state index >= 15 is 0 Å². The third kappa shape index (κ3) is 2.28. The molecule has 0 saturated carbocycles. The van der Waals surface area contributed by atoms with Crippen molar-refractivity contribution in [3.05, 3.63) is 60.2 Å². The zero-order valence-corrected chi connectivity index (χ0v) is 13.6. The number of nitrogens with two attached hydrogens (primary N) is 1. The highest BCUT2D eigenvalue weighted by Crippen LogP contribution is 2.43. The second-order valence-electron chi connectivity index (χ2n) is 6.52. The molecule has 7 heteroatoms. The molecule has 132 valence electrons. The Morgan fingerprint density at radius 3 is 2.23 bits per heavy atom. The number of aromatic hydroxyl groups is 1. The lowest BCUT2D eigenvalue weighted by Gasteiger charge is -2.21. The first kappa shape index (κ1) is 16.3. The van der Waals surface area contributed by atoms with Gasteiger partial charge >= 0.3 is 0 Å². The van der Waals surface area contributed by atoms with E-state index in [1.807, 2.05) is 0 Å². The van der Waals surface area contributed by atoms with Crippen molar-refractivity contribution < 1.29 is 29.9 Å². The fourth-order valence-electron chi connectivity index (χ4n) is 4.05. The monoisotopic (exact) mass is 352 g/mol. The van der Waals surface area contributed by atoms with E-state index in [1.165, 1.54) is 11.4 Å². The second-order valence-corrected chi connectivity index (χ2v) is 6.52. The number of phenolic OH excluding ortho intramolecular Hbond substituents is 1. The van der Waals surface area contributed by atoms with Crippen LogP contribution in [0, 0.1) is 11.8 Å². The van der Waals surface area contributed by atoms with Crippen LogP contribution < -0.4 is 15.3 Å². The van der Waals surface area contributed by atoms with Crippen molar-refractivity contribution in [2.24, 2.45) is 11.8 Å². The number of imide groups is 1. The van der Waals surface area contributed by atoms with Gasteiger partial charge in [-0.05, 0) is 24.3 Å². The van der Waals surface area contributed by atoms with E-state index in [0.717, 1.165) is 4.90 Å². The maximum atomic E-state index is 13.1. The van der Waals surface area contributed by atoms with Crippen LogP contribution in [0.1, 0.15) is 11.6 Å². The lowest BCUT2D eigenvalue weighted by Crippen LogP contribution is -2.92. The fraction of sp³-hybridized carbons (Fsp3) is 0.211. The largest absolute Gasteiger partial charge is 0.544 e. The smallest absolute Gasteiger partial charge is 0.244 e. The molecule has 0 aromatic heterocycles. The highest BCUT2D eigenvalue weighted by molar-refractivity contribution is 6.23. The summed E-state index contributed by atoms with van der Waals surface area (Å²) in [5.74, 6) is -4.34. The van der Waals surface area contributed by atoms with Crippen LogP contribution in [0.4, 0.5) is 5.69 Å². The minimum atomic E-state index is -1.39. The SMILES string of the molecule is O=C([O-])[C@H]1[NH2+][C@@H](c2ccccc2O)[C@H]2C(=O)N(c3ccccc3)C(=O)[C@@H]21. The molecule has 0 spiro atoms. The summed E-state index contributed by atoms with van der Waals surface area (Å²) in [7, 11) is 0. The number of nitrogens with zero attached hydrogens (tertiary/aromatic N) is 1. The fourth-order valence-corrected chi connectivity index (χ4v) is 4.05. The van der Waals surface area contributed by atoms with E-state index < -0.39 is 41.7 Å². The van der Waals surface area contributed by atoms with Crippen molar-refractivity contribution in [1.82, 2.24) is 0 Å². The van der Waals surface area contributed by atoms with Gasteiger partial charge in [0, 0.05) is 0 Å². The van der Waals surface area contributed by atoms with Gasteiger partial charge in [-0.25, -0.2) is 4.90 Å². The van der Waals surface area contributed by atoms with Gasteiger partial charge in [0.2, 0.25) is 11.8 Å².